The molecule has 0 spiro atoms. The van der Waals surface area contributed by atoms with Gasteiger partial charge in [0.25, 0.3) is 0 Å². The highest BCUT2D eigenvalue weighted by Gasteiger charge is 2.13. The monoisotopic (exact) mass is 233 g/mol. The average molecular weight is 234 g/mol. The Kier molecular flexibility index (Phi) is 4.38. The van der Waals surface area contributed by atoms with Crippen molar-refractivity contribution in [2.45, 2.75) is 25.9 Å². The van der Waals surface area contributed by atoms with Gasteiger partial charge in [-0.15, -0.1) is 11.3 Å². The summed E-state index contributed by atoms with van der Waals surface area (Å²) in [7, 11) is 0. The standard InChI is InChI=1S/C9H12ClNO2S/c1-2-7(9(12)13)11-5-6-3-4-8(10)14-6/h3-4,7,11H,2,5H2,1H3,(H,12,13). The molecule has 2 N–H and O–H groups in total. The fourth-order valence-corrected chi connectivity index (χ4v) is 2.12. The second kappa shape index (κ2) is 5.34. The van der Waals surface area contributed by atoms with Gasteiger partial charge in [0, 0.05) is 11.4 Å². The minimum atomic E-state index is -0.810. The molecule has 1 rings (SSSR count). The van der Waals surface area contributed by atoms with Crippen LogP contribution < -0.4 is 5.32 Å². The van der Waals surface area contributed by atoms with E-state index in [1.54, 1.807) is 0 Å². The van der Waals surface area contributed by atoms with Crippen molar-refractivity contribution in [3.63, 3.8) is 0 Å². The first-order chi connectivity index (χ1) is 6.63. The third-order valence-corrected chi connectivity index (χ3v) is 3.09. The van der Waals surface area contributed by atoms with Crippen LogP contribution in [0.4, 0.5) is 0 Å². The molecule has 1 heterocycles. The zero-order valence-corrected chi connectivity index (χ0v) is 9.36. The molecule has 0 saturated carbocycles. The molecule has 1 unspecified atom stereocenters. The van der Waals surface area contributed by atoms with E-state index in [-0.39, 0.29) is 0 Å². The highest BCUT2D eigenvalue weighted by Crippen LogP contribution is 2.21. The van der Waals surface area contributed by atoms with Gasteiger partial charge < -0.3 is 5.11 Å². The van der Waals surface area contributed by atoms with E-state index < -0.39 is 12.0 Å². The van der Waals surface area contributed by atoms with Crippen molar-refractivity contribution in [3.8, 4) is 0 Å². The molecule has 0 amide bonds. The average Bonchev–Trinajstić information content (AvgIpc) is 2.52. The zero-order chi connectivity index (χ0) is 10.6. The summed E-state index contributed by atoms with van der Waals surface area (Å²) in [6.07, 6.45) is 0.578. The second-order valence-electron chi connectivity index (χ2n) is 2.89. The smallest absolute Gasteiger partial charge is 0.320 e. The maximum Gasteiger partial charge on any atom is 0.320 e. The van der Waals surface area contributed by atoms with Crippen LogP contribution >= 0.6 is 22.9 Å². The van der Waals surface area contributed by atoms with Crippen molar-refractivity contribution < 1.29 is 9.90 Å². The molecule has 0 aliphatic rings. The van der Waals surface area contributed by atoms with Crippen LogP contribution in [-0.2, 0) is 11.3 Å². The molecule has 14 heavy (non-hydrogen) atoms. The van der Waals surface area contributed by atoms with Crippen LogP contribution in [0.2, 0.25) is 4.34 Å². The van der Waals surface area contributed by atoms with Gasteiger partial charge in [-0.3, -0.25) is 10.1 Å². The zero-order valence-electron chi connectivity index (χ0n) is 7.79. The number of halogens is 1. The van der Waals surface area contributed by atoms with Crippen LogP contribution in [0.25, 0.3) is 0 Å². The third kappa shape index (κ3) is 3.29. The van der Waals surface area contributed by atoms with Crippen LogP contribution in [0, 0.1) is 0 Å². The Hall–Kier alpha value is -0.580. The van der Waals surface area contributed by atoms with Crippen LogP contribution in [0.5, 0.6) is 0 Å². The van der Waals surface area contributed by atoms with Crippen LogP contribution in [-0.4, -0.2) is 17.1 Å². The van der Waals surface area contributed by atoms with Crippen molar-refractivity contribution in [1.29, 1.82) is 0 Å². The Balaban J connectivity index is 2.43. The summed E-state index contributed by atoms with van der Waals surface area (Å²) < 4.78 is 0.727. The van der Waals surface area contributed by atoms with Gasteiger partial charge in [-0.05, 0) is 18.6 Å². The molecule has 1 aromatic rings. The number of rotatable bonds is 5. The number of carboxylic acid groups (broad SMARTS) is 1. The van der Waals surface area contributed by atoms with Gasteiger partial charge in [0.15, 0.2) is 0 Å². The maximum atomic E-state index is 10.7. The highest BCUT2D eigenvalue weighted by atomic mass is 35.5. The van der Waals surface area contributed by atoms with E-state index in [1.807, 2.05) is 19.1 Å². The molecule has 78 valence electrons. The summed E-state index contributed by atoms with van der Waals surface area (Å²) in [5.74, 6) is -0.810. The third-order valence-electron chi connectivity index (χ3n) is 1.86. The second-order valence-corrected chi connectivity index (χ2v) is 4.69. The highest BCUT2D eigenvalue weighted by molar-refractivity contribution is 7.16. The Morgan fingerprint density at radius 1 is 1.71 bits per heavy atom. The van der Waals surface area contributed by atoms with Crippen LogP contribution in [0.3, 0.4) is 0 Å². The Morgan fingerprint density at radius 2 is 2.43 bits per heavy atom. The van der Waals surface area contributed by atoms with Crippen molar-refractivity contribution in [2.24, 2.45) is 0 Å². The van der Waals surface area contributed by atoms with Gasteiger partial charge in [0.05, 0.1) is 4.34 Å². The summed E-state index contributed by atoms with van der Waals surface area (Å²) in [5.41, 5.74) is 0. The predicted molar refractivity (Wildman–Crippen MR) is 57.9 cm³/mol. The van der Waals surface area contributed by atoms with Crippen molar-refractivity contribution >= 4 is 28.9 Å². The minimum absolute atomic E-state index is 0.476. The molecule has 0 saturated heterocycles. The molecule has 3 nitrogen and oxygen atoms in total. The van der Waals surface area contributed by atoms with Gasteiger partial charge in [-0.2, -0.15) is 0 Å². The molecular formula is C9H12ClNO2S. The lowest BCUT2D eigenvalue weighted by atomic mass is 10.2. The van der Waals surface area contributed by atoms with Gasteiger partial charge in [-0.1, -0.05) is 18.5 Å². The molecule has 0 aliphatic carbocycles. The van der Waals surface area contributed by atoms with Gasteiger partial charge in [0.2, 0.25) is 0 Å². The van der Waals surface area contributed by atoms with Crippen molar-refractivity contribution in [3.05, 3.63) is 21.3 Å². The molecule has 0 aromatic carbocycles. The number of nitrogens with one attached hydrogen (secondary N) is 1. The lowest BCUT2D eigenvalue weighted by molar-refractivity contribution is -0.139. The van der Waals surface area contributed by atoms with E-state index in [0.717, 1.165) is 9.21 Å². The lowest BCUT2D eigenvalue weighted by Crippen LogP contribution is -2.35. The molecule has 0 bridgehead atoms. The molecule has 5 heteroatoms. The predicted octanol–water partition coefficient (Wildman–Crippen LogP) is 2.35. The van der Waals surface area contributed by atoms with Crippen molar-refractivity contribution in [2.75, 3.05) is 0 Å². The van der Waals surface area contributed by atoms with E-state index in [2.05, 4.69) is 5.32 Å². The molecule has 1 atom stereocenters. The number of carbonyl (C=O) groups is 1. The summed E-state index contributed by atoms with van der Waals surface area (Å²) in [6, 6.07) is 3.23. The molecular weight excluding hydrogens is 222 g/mol. The molecule has 0 radical (unpaired) electrons. The van der Waals surface area contributed by atoms with Crippen LogP contribution in [0.1, 0.15) is 18.2 Å². The van der Waals surface area contributed by atoms with E-state index in [4.69, 9.17) is 16.7 Å². The fraction of sp³-hybridized carbons (Fsp3) is 0.444. The van der Waals surface area contributed by atoms with E-state index in [9.17, 15) is 4.79 Å². The van der Waals surface area contributed by atoms with E-state index in [0.29, 0.717) is 13.0 Å². The minimum Gasteiger partial charge on any atom is -0.480 e. The summed E-state index contributed by atoms with van der Waals surface area (Å²) in [4.78, 5) is 11.7. The lowest BCUT2D eigenvalue weighted by Gasteiger charge is -2.10. The largest absolute Gasteiger partial charge is 0.480 e. The van der Waals surface area contributed by atoms with Crippen molar-refractivity contribution in [1.82, 2.24) is 5.32 Å². The summed E-state index contributed by atoms with van der Waals surface area (Å²) >= 11 is 7.21. The number of carboxylic acids is 1. The number of hydrogen-bond donors (Lipinski definition) is 2. The summed E-state index contributed by atoms with van der Waals surface area (Å²) in [6.45, 7) is 2.40. The quantitative estimate of drug-likeness (QED) is 0.821. The van der Waals surface area contributed by atoms with Gasteiger partial charge >= 0.3 is 5.97 Å². The summed E-state index contributed by atoms with van der Waals surface area (Å²) in [5, 5.41) is 11.7. The van der Waals surface area contributed by atoms with Gasteiger partial charge in [-0.25, -0.2) is 0 Å². The SMILES string of the molecule is CCC(NCc1ccc(Cl)s1)C(=O)O. The van der Waals surface area contributed by atoms with Crippen LogP contribution in [0.15, 0.2) is 12.1 Å². The number of hydrogen-bond acceptors (Lipinski definition) is 3. The van der Waals surface area contributed by atoms with E-state index in [1.165, 1.54) is 11.3 Å². The molecule has 0 aliphatic heterocycles. The molecule has 0 fully saturated rings. The Labute approximate surface area is 91.7 Å². The Morgan fingerprint density at radius 3 is 2.86 bits per heavy atom. The number of thiophene rings is 1. The first-order valence-corrected chi connectivity index (χ1v) is 5.53. The molecule has 1 aromatic heterocycles. The fourth-order valence-electron chi connectivity index (χ4n) is 1.08. The topological polar surface area (TPSA) is 49.3 Å². The normalized spacial score (nSPS) is 12.7. The maximum absolute atomic E-state index is 10.7. The number of aliphatic carboxylic acids is 1. The first kappa shape index (κ1) is 11.5. The van der Waals surface area contributed by atoms with Gasteiger partial charge in [0.1, 0.15) is 6.04 Å². The Bertz CT molecular complexity index is 314. The first-order valence-electron chi connectivity index (χ1n) is 4.34. The van der Waals surface area contributed by atoms with E-state index >= 15 is 0 Å².